The Hall–Kier alpha value is 0.170. The summed E-state index contributed by atoms with van der Waals surface area (Å²) in [7, 11) is 2.15. The minimum atomic E-state index is 0.387. The summed E-state index contributed by atoms with van der Waals surface area (Å²) in [6.45, 7) is 0. The molecule has 0 saturated heterocycles. The van der Waals surface area contributed by atoms with Gasteiger partial charge in [-0.2, -0.15) is 0 Å². The highest BCUT2D eigenvalue weighted by atomic mass is 79.9. The molecule has 4 fully saturated rings. The van der Waals surface area contributed by atoms with Gasteiger partial charge in [-0.1, -0.05) is 0 Å². The number of halogens is 2. The monoisotopic (exact) mass is 372 g/mol. The van der Waals surface area contributed by atoms with Gasteiger partial charge in [0.05, 0.1) is 0 Å². The molecule has 98 valence electrons. The molecule has 0 radical (unpaired) electrons. The van der Waals surface area contributed by atoms with Gasteiger partial charge in [0.15, 0.2) is 0 Å². The summed E-state index contributed by atoms with van der Waals surface area (Å²) in [6.07, 6.45) is 8.61. The Labute approximate surface area is 125 Å². The van der Waals surface area contributed by atoms with E-state index in [9.17, 15) is 0 Å². The van der Waals surface area contributed by atoms with Gasteiger partial charge in [0.2, 0.25) is 0 Å². The summed E-state index contributed by atoms with van der Waals surface area (Å²) >= 11 is 7.20. The van der Waals surface area contributed by atoms with Gasteiger partial charge in [0, 0.05) is 12.5 Å². The third-order valence-corrected chi connectivity index (χ3v) is 7.49. The van der Waals surface area contributed by atoms with Gasteiger partial charge >= 0.3 is 0 Å². The molecule has 4 heteroatoms. The summed E-state index contributed by atoms with van der Waals surface area (Å²) in [6, 6.07) is 0. The predicted octanol–water partition coefficient (Wildman–Crippen LogP) is 4.41. The fraction of sp³-hybridized carbons (Fsp3) is 0.786. The first kappa shape index (κ1) is 12.0. The van der Waals surface area contributed by atoms with E-state index < -0.39 is 0 Å². The zero-order valence-electron chi connectivity index (χ0n) is 10.6. The lowest BCUT2D eigenvalue weighted by molar-refractivity contribution is -0.0106. The van der Waals surface area contributed by atoms with Crippen molar-refractivity contribution in [1.29, 1.82) is 0 Å². The van der Waals surface area contributed by atoms with Crippen molar-refractivity contribution in [2.75, 3.05) is 0 Å². The zero-order chi connectivity index (χ0) is 12.5. The third-order valence-electron chi connectivity index (χ3n) is 5.50. The van der Waals surface area contributed by atoms with Crippen molar-refractivity contribution in [1.82, 2.24) is 9.55 Å². The first-order valence-corrected chi connectivity index (χ1v) is 8.54. The van der Waals surface area contributed by atoms with Gasteiger partial charge in [0.1, 0.15) is 15.0 Å². The van der Waals surface area contributed by atoms with E-state index >= 15 is 0 Å². The number of rotatable bonds is 1. The van der Waals surface area contributed by atoms with Gasteiger partial charge in [-0.05, 0) is 88.1 Å². The van der Waals surface area contributed by atoms with Crippen molar-refractivity contribution in [2.45, 2.75) is 43.9 Å². The van der Waals surface area contributed by atoms with Crippen LogP contribution in [-0.4, -0.2) is 9.55 Å². The summed E-state index contributed by atoms with van der Waals surface area (Å²) in [5.74, 6) is 4.25. The van der Waals surface area contributed by atoms with Crippen molar-refractivity contribution in [2.24, 2.45) is 24.8 Å². The zero-order valence-corrected chi connectivity index (χ0v) is 13.8. The Kier molecular flexibility index (Phi) is 2.55. The maximum absolute atomic E-state index is 4.83. The average Bonchev–Trinajstić information content (AvgIpc) is 2.56. The van der Waals surface area contributed by atoms with Crippen LogP contribution < -0.4 is 0 Å². The lowest BCUT2D eigenvalue weighted by Crippen LogP contribution is -2.49. The standard InChI is InChI=1S/C14H18Br2N2/c1-18-12(16)11(15)17-13(18)14-5-8-2-9(6-14)4-10(3-8)7-14/h8-10H,2-7H2,1H3. The van der Waals surface area contributed by atoms with Crippen molar-refractivity contribution in [3.8, 4) is 0 Å². The highest BCUT2D eigenvalue weighted by Crippen LogP contribution is 2.60. The Balaban J connectivity index is 1.81. The normalized spacial score (nSPS) is 41.6. The SMILES string of the molecule is Cn1c(C23CC4CC(CC(C4)C2)C3)nc(Br)c1Br. The average molecular weight is 374 g/mol. The van der Waals surface area contributed by atoms with Gasteiger partial charge < -0.3 is 4.57 Å². The Morgan fingerprint density at radius 2 is 1.56 bits per heavy atom. The lowest BCUT2D eigenvalue weighted by Gasteiger charge is -2.56. The van der Waals surface area contributed by atoms with E-state index in [1.807, 2.05) is 0 Å². The van der Waals surface area contributed by atoms with Gasteiger partial charge in [-0.3, -0.25) is 0 Å². The molecule has 18 heavy (non-hydrogen) atoms. The first-order chi connectivity index (χ1) is 8.57. The lowest BCUT2D eigenvalue weighted by atomic mass is 9.49. The first-order valence-electron chi connectivity index (χ1n) is 6.95. The van der Waals surface area contributed by atoms with Crippen LogP contribution in [0.2, 0.25) is 0 Å². The van der Waals surface area contributed by atoms with Crippen LogP contribution in [-0.2, 0) is 12.5 Å². The summed E-state index contributed by atoms with van der Waals surface area (Å²) < 4.78 is 4.32. The van der Waals surface area contributed by atoms with E-state index in [0.717, 1.165) is 27.0 Å². The fourth-order valence-electron chi connectivity index (χ4n) is 5.30. The molecule has 0 unspecified atom stereocenters. The van der Waals surface area contributed by atoms with Crippen molar-refractivity contribution >= 4 is 31.9 Å². The van der Waals surface area contributed by atoms with E-state index in [1.165, 1.54) is 44.3 Å². The predicted molar refractivity (Wildman–Crippen MR) is 78.5 cm³/mol. The second-order valence-electron chi connectivity index (χ2n) is 6.77. The quantitative estimate of drug-likeness (QED) is 0.712. The van der Waals surface area contributed by atoms with E-state index in [4.69, 9.17) is 4.98 Å². The molecule has 0 amide bonds. The topological polar surface area (TPSA) is 17.8 Å². The number of nitrogens with zero attached hydrogens (tertiary/aromatic N) is 2. The number of imidazole rings is 1. The van der Waals surface area contributed by atoms with Crippen LogP contribution >= 0.6 is 31.9 Å². The van der Waals surface area contributed by atoms with Gasteiger partial charge in [-0.25, -0.2) is 4.98 Å². The van der Waals surface area contributed by atoms with Crippen LogP contribution in [0.4, 0.5) is 0 Å². The van der Waals surface area contributed by atoms with Gasteiger partial charge in [-0.15, -0.1) is 0 Å². The minimum Gasteiger partial charge on any atom is -0.324 e. The third kappa shape index (κ3) is 1.54. The molecular weight excluding hydrogens is 356 g/mol. The van der Waals surface area contributed by atoms with Crippen LogP contribution in [0.15, 0.2) is 9.21 Å². The number of hydrogen-bond acceptors (Lipinski definition) is 1. The Bertz CT molecular complexity index is 471. The van der Waals surface area contributed by atoms with Crippen molar-refractivity contribution < 1.29 is 0 Å². The molecule has 5 rings (SSSR count). The van der Waals surface area contributed by atoms with Crippen LogP contribution in [0.5, 0.6) is 0 Å². The molecule has 1 aromatic heterocycles. The molecule has 1 heterocycles. The molecule has 0 aromatic carbocycles. The summed E-state index contributed by atoms with van der Waals surface area (Å²) in [5.41, 5.74) is 0.387. The molecule has 2 nitrogen and oxygen atoms in total. The molecule has 0 spiro atoms. The second kappa shape index (κ2) is 3.85. The molecular formula is C14H18Br2N2. The van der Waals surface area contributed by atoms with Crippen molar-refractivity contribution in [3.05, 3.63) is 15.0 Å². The van der Waals surface area contributed by atoms with Crippen molar-refractivity contribution in [3.63, 3.8) is 0 Å². The smallest absolute Gasteiger partial charge is 0.139 e. The van der Waals surface area contributed by atoms with Crippen LogP contribution in [0.1, 0.15) is 44.3 Å². The van der Waals surface area contributed by atoms with Gasteiger partial charge in [0.25, 0.3) is 0 Å². The second-order valence-corrected chi connectivity index (χ2v) is 8.28. The summed E-state index contributed by atoms with van der Waals surface area (Å²) in [5, 5.41) is 0. The molecule has 4 bridgehead atoms. The van der Waals surface area contributed by atoms with E-state index in [-0.39, 0.29) is 0 Å². The number of aromatic nitrogens is 2. The molecule has 4 aliphatic rings. The Morgan fingerprint density at radius 1 is 1.06 bits per heavy atom. The highest BCUT2D eigenvalue weighted by Gasteiger charge is 2.53. The number of hydrogen-bond donors (Lipinski definition) is 0. The molecule has 0 aliphatic heterocycles. The largest absolute Gasteiger partial charge is 0.324 e. The molecule has 0 atom stereocenters. The molecule has 4 saturated carbocycles. The molecule has 0 N–H and O–H groups in total. The van der Waals surface area contributed by atoms with E-state index in [2.05, 4.69) is 43.5 Å². The highest BCUT2D eigenvalue weighted by molar-refractivity contribution is 9.13. The molecule has 1 aromatic rings. The maximum atomic E-state index is 4.83. The molecule has 4 aliphatic carbocycles. The van der Waals surface area contributed by atoms with Crippen LogP contribution in [0.3, 0.4) is 0 Å². The van der Waals surface area contributed by atoms with E-state index in [0.29, 0.717) is 5.41 Å². The Morgan fingerprint density at radius 3 is 1.94 bits per heavy atom. The van der Waals surface area contributed by atoms with Crippen LogP contribution in [0.25, 0.3) is 0 Å². The van der Waals surface area contributed by atoms with Crippen LogP contribution in [0, 0.1) is 17.8 Å². The minimum absolute atomic E-state index is 0.387. The maximum Gasteiger partial charge on any atom is 0.139 e. The summed E-state index contributed by atoms with van der Waals surface area (Å²) in [4.78, 5) is 4.83. The fourth-order valence-corrected chi connectivity index (χ4v) is 5.99. The van der Waals surface area contributed by atoms with E-state index in [1.54, 1.807) is 0 Å².